The highest BCUT2D eigenvalue weighted by Gasteiger charge is 2.23. The number of hydrogen-bond donors (Lipinski definition) is 1. The van der Waals surface area contributed by atoms with E-state index in [9.17, 15) is 9.90 Å². The Bertz CT molecular complexity index is 1020. The number of benzene rings is 2. The van der Waals surface area contributed by atoms with E-state index < -0.39 is 11.2 Å². The van der Waals surface area contributed by atoms with Crippen LogP contribution in [0.3, 0.4) is 0 Å². The maximum Gasteiger partial charge on any atom is 0.238 e. The summed E-state index contributed by atoms with van der Waals surface area (Å²) in [5.74, 6) is 0.887. The normalized spacial score (nSPS) is 10.6. The molecule has 0 atom stereocenters. The van der Waals surface area contributed by atoms with Crippen molar-refractivity contribution in [3.05, 3.63) is 40.6 Å². The highest BCUT2D eigenvalue weighted by Crippen LogP contribution is 2.42. The lowest BCUT2D eigenvalue weighted by Crippen LogP contribution is -2.05. The van der Waals surface area contributed by atoms with Crippen molar-refractivity contribution in [2.45, 2.75) is 0 Å². The molecular formula is C19H18O7. The Morgan fingerprint density at radius 2 is 1.65 bits per heavy atom. The third-order valence-corrected chi connectivity index (χ3v) is 4.01. The Hall–Kier alpha value is -3.35. The van der Waals surface area contributed by atoms with E-state index in [1.54, 1.807) is 30.3 Å². The summed E-state index contributed by atoms with van der Waals surface area (Å²) in [4.78, 5) is 12.8. The van der Waals surface area contributed by atoms with Crippen LogP contribution in [0.15, 0.2) is 39.5 Å². The van der Waals surface area contributed by atoms with E-state index in [1.165, 1.54) is 28.4 Å². The lowest BCUT2D eigenvalue weighted by Gasteiger charge is -2.14. The van der Waals surface area contributed by atoms with Crippen LogP contribution in [-0.2, 0) is 0 Å². The van der Waals surface area contributed by atoms with Crippen molar-refractivity contribution in [2.75, 3.05) is 28.4 Å². The summed E-state index contributed by atoms with van der Waals surface area (Å²) in [6.45, 7) is 0. The molecule has 136 valence electrons. The summed E-state index contributed by atoms with van der Waals surface area (Å²) < 4.78 is 26.9. The average molecular weight is 358 g/mol. The SMILES string of the molecule is COc1cc(OC)c2c(=O)c(O)c(-c3cccc(OC)c3OC)oc2c1. The van der Waals surface area contributed by atoms with Crippen LogP contribution >= 0.6 is 0 Å². The molecule has 0 fully saturated rings. The van der Waals surface area contributed by atoms with Gasteiger partial charge in [-0.05, 0) is 12.1 Å². The van der Waals surface area contributed by atoms with Gasteiger partial charge >= 0.3 is 0 Å². The number of hydrogen-bond acceptors (Lipinski definition) is 7. The first-order valence-electron chi connectivity index (χ1n) is 7.68. The molecule has 0 saturated heterocycles. The first kappa shape index (κ1) is 17.5. The average Bonchev–Trinajstić information content (AvgIpc) is 2.68. The highest BCUT2D eigenvalue weighted by molar-refractivity contribution is 5.89. The predicted molar refractivity (Wildman–Crippen MR) is 95.8 cm³/mol. The molecule has 0 spiro atoms. The van der Waals surface area contributed by atoms with E-state index >= 15 is 0 Å². The molecule has 3 aromatic rings. The molecule has 7 heteroatoms. The minimum absolute atomic E-state index is 0.0337. The molecular weight excluding hydrogens is 340 g/mol. The van der Waals surface area contributed by atoms with Crippen LogP contribution in [0.1, 0.15) is 0 Å². The van der Waals surface area contributed by atoms with Gasteiger partial charge in [-0.15, -0.1) is 0 Å². The number of fused-ring (bicyclic) bond motifs is 1. The topological polar surface area (TPSA) is 87.4 Å². The Morgan fingerprint density at radius 3 is 2.27 bits per heavy atom. The minimum Gasteiger partial charge on any atom is -0.502 e. The van der Waals surface area contributed by atoms with Gasteiger partial charge in [0.05, 0.1) is 34.0 Å². The molecule has 0 aliphatic carbocycles. The largest absolute Gasteiger partial charge is 0.502 e. The van der Waals surface area contributed by atoms with E-state index in [0.29, 0.717) is 22.8 Å². The van der Waals surface area contributed by atoms with Crippen LogP contribution < -0.4 is 24.4 Å². The molecule has 1 N–H and O–H groups in total. The second-order valence-corrected chi connectivity index (χ2v) is 5.35. The van der Waals surface area contributed by atoms with Crippen LogP contribution in [0.4, 0.5) is 0 Å². The minimum atomic E-state index is -0.620. The number of methoxy groups -OCH3 is 4. The molecule has 3 rings (SSSR count). The first-order valence-corrected chi connectivity index (χ1v) is 7.68. The second-order valence-electron chi connectivity index (χ2n) is 5.35. The molecule has 26 heavy (non-hydrogen) atoms. The molecule has 0 unspecified atom stereocenters. The monoisotopic (exact) mass is 358 g/mol. The fraction of sp³-hybridized carbons (Fsp3) is 0.211. The van der Waals surface area contributed by atoms with Crippen LogP contribution in [-0.4, -0.2) is 33.5 Å². The van der Waals surface area contributed by atoms with E-state index in [0.717, 1.165) is 0 Å². The molecule has 0 aliphatic heterocycles. The molecule has 7 nitrogen and oxygen atoms in total. The molecule has 1 heterocycles. The molecule has 0 radical (unpaired) electrons. The molecule has 0 bridgehead atoms. The molecule has 0 saturated carbocycles. The fourth-order valence-corrected chi connectivity index (χ4v) is 2.78. The number of rotatable bonds is 5. The van der Waals surface area contributed by atoms with E-state index in [1.807, 2.05) is 0 Å². The van der Waals surface area contributed by atoms with Crippen molar-refractivity contribution in [3.8, 4) is 40.1 Å². The maximum absolute atomic E-state index is 12.8. The second kappa shape index (κ2) is 6.87. The van der Waals surface area contributed by atoms with Crippen LogP contribution in [0.2, 0.25) is 0 Å². The molecule has 2 aromatic carbocycles. The lowest BCUT2D eigenvalue weighted by molar-refractivity contribution is 0.354. The van der Waals surface area contributed by atoms with E-state index in [-0.39, 0.29) is 22.5 Å². The van der Waals surface area contributed by atoms with Gasteiger partial charge in [0.1, 0.15) is 22.5 Å². The number of ether oxygens (including phenoxy) is 4. The van der Waals surface area contributed by atoms with Gasteiger partial charge in [-0.1, -0.05) is 6.07 Å². The Kier molecular flexibility index (Phi) is 4.62. The smallest absolute Gasteiger partial charge is 0.238 e. The molecule has 1 aromatic heterocycles. The summed E-state index contributed by atoms with van der Waals surface area (Å²) in [5.41, 5.74) is -0.0281. The van der Waals surface area contributed by atoms with Crippen molar-refractivity contribution in [3.63, 3.8) is 0 Å². The third kappa shape index (κ3) is 2.67. The number of para-hydroxylation sites is 1. The van der Waals surface area contributed by atoms with E-state index in [2.05, 4.69) is 0 Å². The van der Waals surface area contributed by atoms with Gasteiger partial charge in [0.15, 0.2) is 17.3 Å². The Balaban J connectivity index is 2.39. The fourth-order valence-electron chi connectivity index (χ4n) is 2.78. The van der Waals surface area contributed by atoms with Crippen molar-refractivity contribution in [2.24, 2.45) is 0 Å². The van der Waals surface area contributed by atoms with Crippen LogP contribution in [0.25, 0.3) is 22.3 Å². The van der Waals surface area contributed by atoms with Gasteiger partial charge in [0.25, 0.3) is 0 Å². The summed E-state index contributed by atoms with van der Waals surface area (Å²) in [5, 5.41) is 10.6. The van der Waals surface area contributed by atoms with Crippen LogP contribution in [0.5, 0.6) is 28.7 Å². The van der Waals surface area contributed by atoms with Crippen molar-refractivity contribution in [1.29, 1.82) is 0 Å². The summed E-state index contributed by atoms with van der Waals surface area (Å²) in [6.07, 6.45) is 0. The zero-order valence-electron chi connectivity index (χ0n) is 14.8. The van der Waals surface area contributed by atoms with E-state index in [4.69, 9.17) is 23.4 Å². The highest BCUT2D eigenvalue weighted by atomic mass is 16.5. The number of aromatic hydroxyl groups is 1. The lowest BCUT2D eigenvalue weighted by atomic mass is 10.1. The zero-order chi connectivity index (χ0) is 18.8. The van der Waals surface area contributed by atoms with Gasteiger partial charge in [-0.3, -0.25) is 4.79 Å². The Morgan fingerprint density at radius 1 is 0.923 bits per heavy atom. The van der Waals surface area contributed by atoms with Crippen molar-refractivity contribution in [1.82, 2.24) is 0 Å². The van der Waals surface area contributed by atoms with Gasteiger partial charge in [0, 0.05) is 12.1 Å². The molecule has 0 aliphatic rings. The van der Waals surface area contributed by atoms with Crippen LogP contribution in [0, 0.1) is 0 Å². The predicted octanol–water partition coefficient (Wildman–Crippen LogP) is 3.20. The summed E-state index contributed by atoms with van der Waals surface area (Å²) in [6, 6.07) is 8.15. The zero-order valence-corrected chi connectivity index (χ0v) is 14.8. The third-order valence-electron chi connectivity index (χ3n) is 4.01. The summed E-state index contributed by atoms with van der Waals surface area (Å²) in [7, 11) is 5.87. The first-order chi connectivity index (χ1) is 12.5. The van der Waals surface area contributed by atoms with Gasteiger partial charge in [-0.25, -0.2) is 0 Å². The standard InChI is InChI=1S/C19H18O7/c1-22-10-8-13(24-3)15-14(9-10)26-19(17(21)16(15)20)11-6-5-7-12(23-2)18(11)25-4/h5-9,21H,1-4H3. The van der Waals surface area contributed by atoms with Crippen molar-refractivity contribution < 1.29 is 28.5 Å². The van der Waals surface area contributed by atoms with Gasteiger partial charge in [0.2, 0.25) is 11.2 Å². The maximum atomic E-state index is 12.8. The van der Waals surface area contributed by atoms with Crippen molar-refractivity contribution >= 4 is 11.0 Å². The van der Waals surface area contributed by atoms with Gasteiger partial charge in [-0.2, -0.15) is 0 Å². The summed E-state index contributed by atoms with van der Waals surface area (Å²) >= 11 is 0. The quantitative estimate of drug-likeness (QED) is 0.749. The Labute approximate surface area is 149 Å². The van der Waals surface area contributed by atoms with Gasteiger partial charge < -0.3 is 28.5 Å². The molecule has 0 amide bonds.